The highest BCUT2D eigenvalue weighted by molar-refractivity contribution is 5.97. The Morgan fingerprint density at radius 2 is 1.84 bits per heavy atom. The summed E-state index contributed by atoms with van der Waals surface area (Å²) in [4.78, 5) is 18.7. The van der Waals surface area contributed by atoms with Crippen molar-refractivity contribution in [2.24, 2.45) is 0 Å². The van der Waals surface area contributed by atoms with Crippen molar-refractivity contribution >= 4 is 11.6 Å². The van der Waals surface area contributed by atoms with Gasteiger partial charge in [0.1, 0.15) is 24.7 Å². The summed E-state index contributed by atoms with van der Waals surface area (Å²) in [5.41, 5.74) is 3.52. The van der Waals surface area contributed by atoms with Crippen LogP contribution in [-0.2, 0) is 17.9 Å². The number of para-hydroxylation sites is 1. The Morgan fingerprint density at radius 1 is 1.03 bits per heavy atom. The van der Waals surface area contributed by atoms with E-state index >= 15 is 0 Å². The molecule has 0 unspecified atom stereocenters. The number of carbonyl (C=O) groups excluding carboxylic acids is 1. The van der Waals surface area contributed by atoms with Gasteiger partial charge in [0, 0.05) is 0 Å². The van der Waals surface area contributed by atoms with E-state index in [2.05, 4.69) is 10.1 Å². The molecule has 0 aliphatic carbocycles. The minimum Gasteiger partial charge on any atom is -0.488 e. The van der Waals surface area contributed by atoms with Gasteiger partial charge in [0.15, 0.2) is 6.61 Å². The lowest BCUT2D eigenvalue weighted by atomic mass is 10.1. The molecule has 0 atom stereocenters. The number of hydrogen-bond acceptors (Lipinski definition) is 6. The van der Waals surface area contributed by atoms with Crippen LogP contribution in [0.3, 0.4) is 0 Å². The number of fused-ring (bicyclic) bond motifs is 1. The minimum absolute atomic E-state index is 0.0206. The molecule has 0 N–H and O–H groups in total. The first-order valence-corrected chi connectivity index (χ1v) is 10.3. The fourth-order valence-electron chi connectivity index (χ4n) is 3.56. The monoisotopic (exact) mass is 427 g/mol. The second-order valence-electron chi connectivity index (χ2n) is 7.52. The quantitative estimate of drug-likeness (QED) is 0.449. The average Bonchev–Trinajstić information content (AvgIpc) is 3.29. The summed E-state index contributed by atoms with van der Waals surface area (Å²) < 4.78 is 17.0. The van der Waals surface area contributed by atoms with Crippen molar-refractivity contribution in [3.8, 4) is 22.9 Å². The second-order valence-corrected chi connectivity index (χ2v) is 7.52. The highest BCUT2D eigenvalue weighted by atomic mass is 16.5. The van der Waals surface area contributed by atoms with E-state index in [1.54, 1.807) is 4.90 Å². The molecule has 3 aromatic carbocycles. The molecule has 0 fully saturated rings. The Balaban J connectivity index is 1.37. The molecule has 4 aromatic rings. The Labute approximate surface area is 185 Å². The van der Waals surface area contributed by atoms with Gasteiger partial charge in [-0.25, -0.2) is 0 Å². The van der Waals surface area contributed by atoms with Gasteiger partial charge in [-0.2, -0.15) is 4.98 Å². The first kappa shape index (κ1) is 19.8. The summed E-state index contributed by atoms with van der Waals surface area (Å²) in [5, 5.41) is 4.13. The van der Waals surface area contributed by atoms with Crippen molar-refractivity contribution in [2.75, 3.05) is 11.5 Å². The third kappa shape index (κ3) is 4.05. The number of nitrogens with zero attached hydrogens (tertiary/aromatic N) is 3. The number of benzene rings is 3. The lowest BCUT2D eigenvalue weighted by Gasteiger charge is -2.28. The van der Waals surface area contributed by atoms with Crippen LogP contribution in [0.5, 0.6) is 11.5 Å². The van der Waals surface area contributed by atoms with Crippen LogP contribution in [0.25, 0.3) is 11.4 Å². The van der Waals surface area contributed by atoms with E-state index in [1.807, 2.05) is 79.7 Å². The molecule has 1 aliphatic rings. The summed E-state index contributed by atoms with van der Waals surface area (Å²) >= 11 is 0. The van der Waals surface area contributed by atoms with E-state index in [0.29, 0.717) is 35.5 Å². The van der Waals surface area contributed by atoms with Gasteiger partial charge in [-0.15, -0.1) is 0 Å². The van der Waals surface area contributed by atoms with Gasteiger partial charge in [-0.05, 0) is 42.3 Å². The molecule has 1 aliphatic heterocycles. The number of anilines is 1. The highest BCUT2D eigenvalue weighted by Gasteiger charge is 2.27. The molecule has 0 saturated carbocycles. The van der Waals surface area contributed by atoms with Crippen molar-refractivity contribution in [3.63, 3.8) is 0 Å². The van der Waals surface area contributed by atoms with Crippen LogP contribution in [0.1, 0.15) is 17.0 Å². The van der Waals surface area contributed by atoms with E-state index in [4.69, 9.17) is 14.0 Å². The predicted octanol–water partition coefficient (Wildman–Crippen LogP) is 4.55. The average molecular weight is 427 g/mol. The van der Waals surface area contributed by atoms with Crippen LogP contribution in [0.15, 0.2) is 77.3 Å². The molecular formula is C25H21N3O4. The van der Waals surface area contributed by atoms with E-state index in [-0.39, 0.29) is 19.1 Å². The summed E-state index contributed by atoms with van der Waals surface area (Å²) in [6, 6.07) is 23.2. The van der Waals surface area contributed by atoms with Crippen LogP contribution in [-0.4, -0.2) is 22.7 Å². The Morgan fingerprint density at radius 3 is 2.72 bits per heavy atom. The van der Waals surface area contributed by atoms with E-state index < -0.39 is 0 Å². The minimum atomic E-state index is -0.158. The molecule has 7 heteroatoms. The molecule has 160 valence electrons. The number of aromatic nitrogens is 2. The van der Waals surface area contributed by atoms with Crippen LogP contribution in [0.2, 0.25) is 0 Å². The van der Waals surface area contributed by atoms with Gasteiger partial charge < -0.3 is 14.0 Å². The first-order chi connectivity index (χ1) is 15.7. The zero-order valence-electron chi connectivity index (χ0n) is 17.5. The summed E-state index contributed by atoms with van der Waals surface area (Å²) in [6.45, 7) is 2.54. The molecule has 2 heterocycles. The molecule has 0 radical (unpaired) electrons. The number of hydrogen-bond donors (Lipinski definition) is 0. The fourth-order valence-corrected chi connectivity index (χ4v) is 3.56. The number of carbonyl (C=O) groups is 1. The van der Waals surface area contributed by atoms with Gasteiger partial charge >= 0.3 is 0 Å². The molecule has 5 rings (SSSR count). The van der Waals surface area contributed by atoms with Crippen LogP contribution >= 0.6 is 0 Å². The Kier molecular flexibility index (Phi) is 5.29. The van der Waals surface area contributed by atoms with Crippen molar-refractivity contribution in [1.82, 2.24) is 10.1 Å². The molecule has 7 nitrogen and oxygen atoms in total. The highest BCUT2D eigenvalue weighted by Crippen LogP contribution is 2.34. The fraction of sp³-hybridized carbons (Fsp3) is 0.160. The van der Waals surface area contributed by atoms with Gasteiger partial charge in [-0.3, -0.25) is 9.69 Å². The van der Waals surface area contributed by atoms with Crippen LogP contribution < -0.4 is 14.4 Å². The van der Waals surface area contributed by atoms with E-state index in [0.717, 1.165) is 16.7 Å². The molecule has 32 heavy (non-hydrogen) atoms. The SMILES string of the molecule is Cc1ccc2c(c1)N(Cc1nc(-c3ccccc3OCc3ccccc3)no1)C(=O)CO2. The van der Waals surface area contributed by atoms with Crippen LogP contribution in [0, 0.1) is 6.92 Å². The van der Waals surface area contributed by atoms with Gasteiger partial charge in [0.25, 0.3) is 5.91 Å². The molecule has 0 bridgehead atoms. The smallest absolute Gasteiger partial charge is 0.265 e. The zero-order chi connectivity index (χ0) is 21.9. The normalized spacial score (nSPS) is 12.9. The van der Waals surface area contributed by atoms with E-state index in [1.165, 1.54) is 0 Å². The summed E-state index contributed by atoms with van der Waals surface area (Å²) in [5.74, 6) is 1.91. The van der Waals surface area contributed by atoms with Gasteiger partial charge in [-0.1, -0.05) is 53.7 Å². The molecule has 0 spiro atoms. The largest absolute Gasteiger partial charge is 0.488 e. The number of rotatable bonds is 6. The van der Waals surface area contributed by atoms with Crippen LogP contribution in [0.4, 0.5) is 5.69 Å². The maximum Gasteiger partial charge on any atom is 0.265 e. The molecule has 0 saturated heterocycles. The zero-order valence-corrected chi connectivity index (χ0v) is 17.5. The number of ether oxygens (including phenoxy) is 2. The first-order valence-electron chi connectivity index (χ1n) is 10.3. The summed E-state index contributed by atoms with van der Waals surface area (Å²) in [6.07, 6.45) is 0. The van der Waals surface area contributed by atoms with Crippen molar-refractivity contribution in [1.29, 1.82) is 0 Å². The standard InChI is InChI=1S/C25H21N3O4/c1-17-11-12-22-20(13-17)28(24(29)16-31-22)14-23-26-25(27-32-23)19-9-5-6-10-21(19)30-15-18-7-3-2-4-8-18/h2-13H,14-16H2,1H3. The van der Waals surface area contributed by atoms with Crippen molar-refractivity contribution in [2.45, 2.75) is 20.1 Å². The topological polar surface area (TPSA) is 77.7 Å². The predicted molar refractivity (Wildman–Crippen MR) is 118 cm³/mol. The Hall–Kier alpha value is -4.13. The second kappa shape index (κ2) is 8.55. The molecule has 1 aromatic heterocycles. The molecule has 1 amide bonds. The van der Waals surface area contributed by atoms with E-state index in [9.17, 15) is 4.79 Å². The maximum absolute atomic E-state index is 12.5. The Bertz CT molecular complexity index is 1250. The summed E-state index contributed by atoms with van der Waals surface area (Å²) in [7, 11) is 0. The number of aryl methyl sites for hydroxylation is 1. The number of amides is 1. The third-order valence-electron chi connectivity index (χ3n) is 5.18. The molecular weight excluding hydrogens is 406 g/mol. The van der Waals surface area contributed by atoms with Gasteiger partial charge in [0.05, 0.1) is 11.3 Å². The third-order valence-corrected chi connectivity index (χ3v) is 5.18. The lowest BCUT2D eigenvalue weighted by Crippen LogP contribution is -2.38. The van der Waals surface area contributed by atoms with Crippen molar-refractivity contribution in [3.05, 3.63) is 89.8 Å². The lowest BCUT2D eigenvalue weighted by molar-refractivity contribution is -0.121. The maximum atomic E-state index is 12.5. The van der Waals surface area contributed by atoms with Crippen molar-refractivity contribution < 1.29 is 18.8 Å². The van der Waals surface area contributed by atoms with Gasteiger partial charge in [0.2, 0.25) is 11.7 Å².